The van der Waals surface area contributed by atoms with Crippen LogP contribution in [0.1, 0.15) is 16.7 Å². The van der Waals surface area contributed by atoms with Crippen LogP contribution in [0.15, 0.2) is 72.3 Å². The number of halogens is 1. The van der Waals surface area contributed by atoms with Gasteiger partial charge in [-0.15, -0.1) is 0 Å². The zero-order valence-electron chi connectivity index (χ0n) is 17.2. The van der Waals surface area contributed by atoms with Crippen LogP contribution in [0.4, 0.5) is 10.1 Å². The van der Waals surface area contributed by atoms with E-state index in [1.807, 2.05) is 25.1 Å². The third-order valence-corrected chi connectivity index (χ3v) is 4.56. The standard InChI is InChI=1S/C25H21FN2O3/c1-17-6-3-4-9-23(17)28-25(29)20(15-27)13-19-10-11-22(30-2)14-24(19)31-16-18-7-5-8-21(26)12-18/h3-14H,16H2,1-2H3,(H,28,29)/b20-13+. The van der Waals surface area contributed by atoms with Gasteiger partial charge in [-0.2, -0.15) is 5.26 Å². The van der Waals surface area contributed by atoms with Crippen molar-refractivity contribution in [2.75, 3.05) is 12.4 Å². The monoisotopic (exact) mass is 416 g/mol. The zero-order chi connectivity index (χ0) is 22.2. The molecule has 0 fully saturated rings. The molecule has 0 saturated carbocycles. The molecule has 3 rings (SSSR count). The Morgan fingerprint density at radius 3 is 2.65 bits per heavy atom. The van der Waals surface area contributed by atoms with Gasteiger partial charge in [0.1, 0.15) is 35.6 Å². The quantitative estimate of drug-likeness (QED) is 0.421. The SMILES string of the molecule is COc1ccc(/C=C(\C#N)C(=O)Nc2ccccc2C)c(OCc2cccc(F)c2)c1. The van der Waals surface area contributed by atoms with Crippen LogP contribution in [0.5, 0.6) is 11.5 Å². The van der Waals surface area contributed by atoms with Crippen LogP contribution in [0.25, 0.3) is 6.08 Å². The Hall–Kier alpha value is -4.11. The Morgan fingerprint density at radius 2 is 1.94 bits per heavy atom. The molecule has 156 valence electrons. The minimum absolute atomic E-state index is 0.0796. The Morgan fingerprint density at radius 1 is 1.13 bits per heavy atom. The number of nitrogens with zero attached hydrogens (tertiary/aromatic N) is 1. The number of ether oxygens (including phenoxy) is 2. The lowest BCUT2D eigenvalue weighted by Gasteiger charge is -2.12. The molecule has 0 spiro atoms. The number of anilines is 1. The van der Waals surface area contributed by atoms with Crippen molar-refractivity contribution in [3.63, 3.8) is 0 Å². The molecule has 0 aromatic heterocycles. The number of benzene rings is 3. The topological polar surface area (TPSA) is 71.3 Å². The van der Waals surface area contributed by atoms with Crippen LogP contribution in [-0.2, 0) is 11.4 Å². The zero-order valence-corrected chi connectivity index (χ0v) is 17.2. The highest BCUT2D eigenvalue weighted by molar-refractivity contribution is 6.10. The summed E-state index contributed by atoms with van der Waals surface area (Å²) < 4.78 is 24.5. The van der Waals surface area contributed by atoms with Crippen LogP contribution >= 0.6 is 0 Å². The van der Waals surface area contributed by atoms with Gasteiger partial charge in [0.25, 0.3) is 5.91 Å². The number of carbonyl (C=O) groups excluding carboxylic acids is 1. The molecule has 31 heavy (non-hydrogen) atoms. The van der Waals surface area contributed by atoms with E-state index in [0.717, 1.165) is 5.56 Å². The minimum atomic E-state index is -0.524. The van der Waals surface area contributed by atoms with E-state index in [0.29, 0.717) is 28.3 Å². The lowest BCUT2D eigenvalue weighted by Crippen LogP contribution is -2.14. The second-order valence-corrected chi connectivity index (χ2v) is 6.76. The van der Waals surface area contributed by atoms with Crippen molar-refractivity contribution in [2.45, 2.75) is 13.5 Å². The van der Waals surface area contributed by atoms with E-state index >= 15 is 0 Å². The van der Waals surface area contributed by atoms with Gasteiger partial charge in [-0.1, -0.05) is 30.3 Å². The van der Waals surface area contributed by atoms with Crippen molar-refractivity contribution in [3.05, 3.63) is 94.8 Å². The van der Waals surface area contributed by atoms with Gasteiger partial charge in [-0.25, -0.2) is 4.39 Å². The molecule has 1 amide bonds. The van der Waals surface area contributed by atoms with Crippen molar-refractivity contribution in [1.82, 2.24) is 0 Å². The number of carbonyl (C=O) groups is 1. The van der Waals surface area contributed by atoms with Gasteiger partial charge in [-0.05, 0) is 54.5 Å². The summed E-state index contributed by atoms with van der Waals surface area (Å²) in [6, 6.07) is 20.4. The number of para-hydroxylation sites is 1. The van der Waals surface area contributed by atoms with Gasteiger partial charge in [0.05, 0.1) is 7.11 Å². The summed E-state index contributed by atoms with van der Waals surface area (Å²) in [5.74, 6) is 0.0736. The smallest absolute Gasteiger partial charge is 0.266 e. The number of amides is 1. The summed E-state index contributed by atoms with van der Waals surface area (Å²) in [5, 5.41) is 12.3. The van der Waals surface area contributed by atoms with Crippen LogP contribution in [0.2, 0.25) is 0 Å². The molecular weight excluding hydrogens is 395 g/mol. The first-order valence-electron chi connectivity index (χ1n) is 9.54. The predicted molar refractivity (Wildman–Crippen MR) is 117 cm³/mol. The lowest BCUT2D eigenvalue weighted by molar-refractivity contribution is -0.112. The molecule has 0 unspecified atom stereocenters. The van der Waals surface area contributed by atoms with E-state index in [1.165, 1.54) is 25.3 Å². The molecule has 0 aliphatic heterocycles. The summed E-state index contributed by atoms with van der Waals surface area (Å²) >= 11 is 0. The maximum Gasteiger partial charge on any atom is 0.266 e. The third kappa shape index (κ3) is 5.71. The highest BCUT2D eigenvalue weighted by atomic mass is 19.1. The first-order chi connectivity index (χ1) is 15.0. The molecular formula is C25H21FN2O3. The molecule has 6 heteroatoms. The molecule has 0 atom stereocenters. The summed E-state index contributed by atoms with van der Waals surface area (Å²) in [7, 11) is 1.53. The van der Waals surface area contributed by atoms with Gasteiger partial charge in [-0.3, -0.25) is 4.79 Å². The molecule has 0 saturated heterocycles. The van der Waals surface area contributed by atoms with Gasteiger partial charge in [0.15, 0.2) is 0 Å². The number of hydrogen-bond acceptors (Lipinski definition) is 4. The molecule has 0 bridgehead atoms. The van der Waals surface area contributed by atoms with Crippen molar-refractivity contribution in [3.8, 4) is 17.6 Å². The van der Waals surface area contributed by atoms with Gasteiger partial charge in [0.2, 0.25) is 0 Å². The molecule has 5 nitrogen and oxygen atoms in total. The molecule has 1 N–H and O–H groups in total. The van der Waals surface area contributed by atoms with Crippen LogP contribution in [0.3, 0.4) is 0 Å². The molecule has 0 heterocycles. The van der Waals surface area contributed by atoms with Gasteiger partial charge in [0, 0.05) is 17.3 Å². The summed E-state index contributed by atoms with van der Waals surface area (Å²) in [5.41, 5.74) is 2.61. The fraction of sp³-hybridized carbons (Fsp3) is 0.120. The number of methoxy groups -OCH3 is 1. The van der Waals surface area contributed by atoms with Crippen molar-refractivity contribution in [1.29, 1.82) is 5.26 Å². The van der Waals surface area contributed by atoms with Crippen molar-refractivity contribution >= 4 is 17.7 Å². The fourth-order valence-electron chi connectivity index (χ4n) is 2.88. The maximum absolute atomic E-state index is 13.4. The Bertz CT molecular complexity index is 1170. The van der Waals surface area contributed by atoms with Gasteiger partial charge >= 0.3 is 0 Å². The largest absolute Gasteiger partial charge is 0.497 e. The van der Waals surface area contributed by atoms with E-state index in [1.54, 1.807) is 42.5 Å². The van der Waals surface area contributed by atoms with Crippen LogP contribution < -0.4 is 14.8 Å². The summed E-state index contributed by atoms with van der Waals surface area (Å²) in [4.78, 5) is 12.6. The fourth-order valence-corrected chi connectivity index (χ4v) is 2.88. The van der Waals surface area contributed by atoms with E-state index in [-0.39, 0.29) is 18.0 Å². The molecule has 3 aromatic rings. The average molecular weight is 416 g/mol. The Kier molecular flexibility index (Phi) is 7.02. The molecule has 0 aliphatic carbocycles. The Labute approximate surface area is 180 Å². The van der Waals surface area contributed by atoms with Crippen LogP contribution in [0, 0.1) is 24.1 Å². The van der Waals surface area contributed by atoms with E-state index < -0.39 is 5.91 Å². The number of nitrogens with one attached hydrogen (secondary N) is 1. The minimum Gasteiger partial charge on any atom is -0.497 e. The second kappa shape index (κ2) is 10.1. The van der Waals surface area contributed by atoms with E-state index in [2.05, 4.69) is 5.32 Å². The summed E-state index contributed by atoms with van der Waals surface area (Å²) in [6.07, 6.45) is 1.45. The van der Waals surface area contributed by atoms with E-state index in [4.69, 9.17) is 9.47 Å². The Balaban J connectivity index is 1.87. The molecule has 3 aromatic carbocycles. The highest BCUT2D eigenvalue weighted by Crippen LogP contribution is 2.28. The highest BCUT2D eigenvalue weighted by Gasteiger charge is 2.13. The maximum atomic E-state index is 13.4. The normalized spacial score (nSPS) is 10.8. The number of hydrogen-bond donors (Lipinski definition) is 1. The van der Waals surface area contributed by atoms with E-state index in [9.17, 15) is 14.4 Å². The van der Waals surface area contributed by atoms with Gasteiger partial charge < -0.3 is 14.8 Å². The van der Waals surface area contributed by atoms with Crippen molar-refractivity contribution < 1.29 is 18.7 Å². The number of aryl methyl sites for hydroxylation is 1. The first-order valence-corrected chi connectivity index (χ1v) is 9.54. The predicted octanol–water partition coefficient (Wildman–Crippen LogP) is 5.27. The van der Waals surface area contributed by atoms with Crippen LogP contribution in [-0.4, -0.2) is 13.0 Å². The lowest BCUT2D eigenvalue weighted by atomic mass is 10.1. The second-order valence-electron chi connectivity index (χ2n) is 6.76. The molecule has 0 radical (unpaired) electrons. The number of rotatable bonds is 7. The van der Waals surface area contributed by atoms with Crippen molar-refractivity contribution in [2.24, 2.45) is 0 Å². The number of nitriles is 1. The average Bonchev–Trinajstić information content (AvgIpc) is 2.78. The third-order valence-electron chi connectivity index (χ3n) is 4.56. The first kappa shape index (κ1) is 21.6. The summed E-state index contributed by atoms with van der Waals surface area (Å²) in [6.45, 7) is 1.98. The molecule has 0 aliphatic rings.